The number of hydrogen-bond donors (Lipinski definition) is 2. The number of piperidine rings is 1. The molecule has 0 atom stereocenters. The number of halogens is 1. The molecule has 1 aromatic heterocycles. The molecule has 2 heterocycles. The molecule has 0 spiro atoms. The molecule has 1 aromatic carbocycles. The van der Waals surface area contributed by atoms with E-state index in [1.807, 2.05) is 7.05 Å². The molecule has 0 radical (unpaired) electrons. The summed E-state index contributed by atoms with van der Waals surface area (Å²) in [5, 5.41) is 4.72. The smallest absolute Gasteiger partial charge is 0.193 e. The van der Waals surface area contributed by atoms with Gasteiger partial charge in [-0.2, -0.15) is 0 Å². The topological polar surface area (TPSA) is 61.9 Å². The number of aromatic amines is 1. The predicted molar refractivity (Wildman–Crippen MR) is 121 cm³/mol. The maximum Gasteiger partial charge on any atom is 0.193 e. The number of fused-ring (bicyclic) bond motifs is 1. The van der Waals surface area contributed by atoms with Gasteiger partial charge in [0.15, 0.2) is 5.96 Å². The highest BCUT2D eigenvalue weighted by Gasteiger charge is 2.21. The summed E-state index contributed by atoms with van der Waals surface area (Å²) in [4.78, 5) is 10.2. The summed E-state index contributed by atoms with van der Waals surface area (Å²) < 4.78 is 11.0. The van der Waals surface area contributed by atoms with Crippen LogP contribution in [0.4, 0.5) is 0 Å². The van der Waals surface area contributed by atoms with Gasteiger partial charge in [-0.25, -0.2) is 0 Å². The maximum absolute atomic E-state index is 5.94. The van der Waals surface area contributed by atoms with Gasteiger partial charge >= 0.3 is 0 Å². The molecule has 2 N–H and O–H groups in total. The van der Waals surface area contributed by atoms with E-state index in [0.717, 1.165) is 58.1 Å². The Morgan fingerprint density at radius 1 is 1.26 bits per heavy atom. The predicted octanol–water partition coefficient (Wildman–Crippen LogP) is 3.38. The number of H-pyrrole nitrogens is 1. The lowest BCUT2D eigenvalue weighted by atomic mass is 10.1. The second kappa shape index (κ2) is 11.5. The van der Waals surface area contributed by atoms with Crippen LogP contribution in [0.3, 0.4) is 0 Å². The first-order chi connectivity index (χ1) is 12.8. The van der Waals surface area contributed by atoms with E-state index in [4.69, 9.17) is 9.47 Å². The van der Waals surface area contributed by atoms with E-state index in [0.29, 0.717) is 6.10 Å². The molecule has 1 fully saturated rings. The Labute approximate surface area is 178 Å². The van der Waals surface area contributed by atoms with E-state index in [2.05, 4.69) is 50.5 Å². The standard InChI is InChI=1S/C20H30N4O2.HI/c1-21-20(22-15-17-14-16-6-3-4-7-19(16)23-17)24-10-8-18(9-11-24)26-13-5-12-25-2;/h3-4,6-7,14,18,23H,5,8-13,15H2,1-2H3,(H,21,22);1H. The van der Waals surface area contributed by atoms with E-state index in [9.17, 15) is 0 Å². The fraction of sp³-hybridized carbons (Fsp3) is 0.550. The minimum atomic E-state index is 0. The summed E-state index contributed by atoms with van der Waals surface area (Å²) in [5.41, 5.74) is 2.34. The van der Waals surface area contributed by atoms with Gasteiger partial charge in [-0.05, 0) is 36.8 Å². The molecule has 0 unspecified atom stereocenters. The molecule has 0 aliphatic carbocycles. The quantitative estimate of drug-likeness (QED) is 0.273. The van der Waals surface area contributed by atoms with Crippen LogP contribution in [0, 0.1) is 0 Å². The van der Waals surface area contributed by atoms with Gasteiger partial charge < -0.3 is 24.7 Å². The van der Waals surface area contributed by atoms with E-state index in [1.54, 1.807) is 7.11 Å². The monoisotopic (exact) mass is 486 g/mol. The molecule has 7 heteroatoms. The van der Waals surface area contributed by atoms with E-state index in [-0.39, 0.29) is 24.0 Å². The third kappa shape index (κ3) is 6.36. The zero-order chi connectivity index (χ0) is 18.2. The van der Waals surface area contributed by atoms with Gasteiger partial charge in [-0.15, -0.1) is 24.0 Å². The lowest BCUT2D eigenvalue weighted by Crippen LogP contribution is -2.46. The lowest BCUT2D eigenvalue weighted by Gasteiger charge is -2.34. The van der Waals surface area contributed by atoms with Crippen molar-refractivity contribution < 1.29 is 9.47 Å². The van der Waals surface area contributed by atoms with Crippen molar-refractivity contribution in [3.63, 3.8) is 0 Å². The Morgan fingerprint density at radius 2 is 2.04 bits per heavy atom. The van der Waals surface area contributed by atoms with Gasteiger partial charge in [-0.1, -0.05) is 18.2 Å². The lowest BCUT2D eigenvalue weighted by molar-refractivity contribution is 0.00989. The average molecular weight is 486 g/mol. The molecule has 27 heavy (non-hydrogen) atoms. The van der Waals surface area contributed by atoms with Crippen LogP contribution < -0.4 is 5.32 Å². The number of ether oxygens (including phenoxy) is 2. The highest BCUT2D eigenvalue weighted by atomic mass is 127. The molecule has 0 amide bonds. The first-order valence-corrected chi connectivity index (χ1v) is 9.43. The number of nitrogens with one attached hydrogen (secondary N) is 2. The molecule has 150 valence electrons. The van der Waals surface area contributed by atoms with Crippen LogP contribution in [0.5, 0.6) is 0 Å². The van der Waals surface area contributed by atoms with Crippen molar-refractivity contribution in [1.82, 2.24) is 15.2 Å². The number of aromatic nitrogens is 1. The molecule has 0 bridgehead atoms. The van der Waals surface area contributed by atoms with Gasteiger partial charge in [0, 0.05) is 51.7 Å². The van der Waals surface area contributed by atoms with Gasteiger partial charge in [0.1, 0.15) is 0 Å². The highest BCUT2D eigenvalue weighted by Crippen LogP contribution is 2.16. The Morgan fingerprint density at radius 3 is 2.74 bits per heavy atom. The normalized spacial score (nSPS) is 15.8. The number of benzene rings is 1. The summed E-state index contributed by atoms with van der Waals surface area (Å²) in [5.74, 6) is 0.960. The number of aliphatic imine (C=N–C) groups is 1. The maximum atomic E-state index is 5.94. The Kier molecular flexibility index (Phi) is 9.36. The van der Waals surface area contributed by atoms with Crippen LogP contribution in [0.15, 0.2) is 35.3 Å². The molecule has 1 aliphatic rings. The van der Waals surface area contributed by atoms with Crippen molar-refractivity contribution in [1.29, 1.82) is 0 Å². The van der Waals surface area contributed by atoms with Gasteiger partial charge in [0.2, 0.25) is 0 Å². The summed E-state index contributed by atoms with van der Waals surface area (Å²) in [6.07, 6.45) is 3.40. The second-order valence-corrected chi connectivity index (χ2v) is 6.69. The van der Waals surface area contributed by atoms with E-state index >= 15 is 0 Å². The summed E-state index contributed by atoms with van der Waals surface area (Å²) in [6, 6.07) is 10.5. The Bertz CT molecular complexity index is 678. The average Bonchev–Trinajstić information content (AvgIpc) is 3.10. The number of hydrogen-bond acceptors (Lipinski definition) is 3. The third-order valence-corrected chi connectivity index (χ3v) is 4.82. The Hall–Kier alpha value is -1.32. The first kappa shape index (κ1) is 22.0. The molecule has 1 aliphatic heterocycles. The number of nitrogens with zero attached hydrogens (tertiary/aromatic N) is 2. The van der Waals surface area contributed by atoms with Crippen molar-refractivity contribution >= 4 is 40.8 Å². The number of rotatable bonds is 7. The van der Waals surface area contributed by atoms with Crippen molar-refractivity contribution in [2.45, 2.75) is 31.9 Å². The Balaban J connectivity index is 0.00000261. The largest absolute Gasteiger partial charge is 0.385 e. The summed E-state index contributed by atoms with van der Waals surface area (Å²) in [7, 11) is 3.58. The minimum Gasteiger partial charge on any atom is -0.385 e. The van der Waals surface area contributed by atoms with Crippen molar-refractivity contribution in [2.75, 3.05) is 40.5 Å². The molecular weight excluding hydrogens is 455 g/mol. The molecule has 0 saturated carbocycles. The van der Waals surface area contributed by atoms with Gasteiger partial charge in [0.25, 0.3) is 0 Å². The van der Waals surface area contributed by atoms with Crippen molar-refractivity contribution in [3.05, 3.63) is 36.0 Å². The zero-order valence-corrected chi connectivity index (χ0v) is 18.6. The number of likely N-dealkylation sites (tertiary alicyclic amines) is 1. The summed E-state index contributed by atoms with van der Waals surface area (Å²) >= 11 is 0. The number of para-hydroxylation sites is 1. The fourth-order valence-corrected chi connectivity index (χ4v) is 3.42. The van der Waals surface area contributed by atoms with Crippen LogP contribution in [-0.4, -0.2) is 62.4 Å². The van der Waals surface area contributed by atoms with Gasteiger partial charge in [-0.3, -0.25) is 4.99 Å². The fourth-order valence-electron chi connectivity index (χ4n) is 3.42. The minimum absolute atomic E-state index is 0. The third-order valence-electron chi connectivity index (χ3n) is 4.82. The van der Waals surface area contributed by atoms with E-state index < -0.39 is 0 Å². The number of guanidine groups is 1. The van der Waals surface area contributed by atoms with Crippen molar-refractivity contribution in [2.24, 2.45) is 4.99 Å². The summed E-state index contributed by atoms with van der Waals surface area (Å²) in [6.45, 7) is 4.24. The molecule has 3 rings (SSSR count). The molecule has 1 saturated heterocycles. The molecular formula is C20H31IN4O2. The SMILES string of the molecule is CN=C(NCc1cc2ccccc2[nH]1)N1CCC(OCCCOC)CC1.I. The second-order valence-electron chi connectivity index (χ2n) is 6.69. The first-order valence-electron chi connectivity index (χ1n) is 9.43. The van der Waals surface area contributed by atoms with Crippen LogP contribution >= 0.6 is 24.0 Å². The molecule has 2 aromatic rings. The van der Waals surface area contributed by atoms with Gasteiger partial charge in [0.05, 0.1) is 12.6 Å². The zero-order valence-electron chi connectivity index (χ0n) is 16.2. The van der Waals surface area contributed by atoms with Crippen LogP contribution in [0.1, 0.15) is 25.0 Å². The highest BCUT2D eigenvalue weighted by molar-refractivity contribution is 14.0. The molecule has 6 nitrogen and oxygen atoms in total. The van der Waals surface area contributed by atoms with E-state index in [1.165, 1.54) is 16.6 Å². The van der Waals surface area contributed by atoms with Crippen LogP contribution in [-0.2, 0) is 16.0 Å². The van der Waals surface area contributed by atoms with Crippen LogP contribution in [0.2, 0.25) is 0 Å². The van der Waals surface area contributed by atoms with Crippen molar-refractivity contribution in [3.8, 4) is 0 Å². The van der Waals surface area contributed by atoms with Crippen LogP contribution in [0.25, 0.3) is 10.9 Å². The number of methoxy groups -OCH3 is 1.